The first kappa shape index (κ1) is 25.3. The van der Waals surface area contributed by atoms with Crippen molar-refractivity contribution in [3.05, 3.63) is 96.6 Å². The number of nitrogens with zero attached hydrogens (tertiary/aromatic N) is 1. The number of hydrogen-bond acceptors (Lipinski definition) is 6. The van der Waals surface area contributed by atoms with Crippen LogP contribution in [0.4, 0.5) is 9.59 Å². The molecule has 0 aliphatic heterocycles. The first-order valence-corrected chi connectivity index (χ1v) is 10.4. The number of allylic oxidation sites excluding steroid dienone is 4. The zero-order valence-corrected chi connectivity index (χ0v) is 18.9. The van der Waals surface area contributed by atoms with Crippen molar-refractivity contribution in [2.45, 2.75) is 19.6 Å². The summed E-state index contributed by atoms with van der Waals surface area (Å²) in [7, 11) is 3.15. The summed E-state index contributed by atoms with van der Waals surface area (Å²) in [5.41, 5.74) is 1.54. The molecule has 7 heteroatoms. The highest BCUT2D eigenvalue weighted by Gasteiger charge is 2.24. The zero-order chi connectivity index (χ0) is 23.9. The van der Waals surface area contributed by atoms with Crippen LogP contribution < -0.4 is 9.47 Å². The molecule has 0 saturated heterocycles. The van der Waals surface area contributed by atoms with Crippen LogP contribution in [0, 0.1) is 0 Å². The van der Waals surface area contributed by atoms with Crippen LogP contribution in [0.1, 0.15) is 17.5 Å². The van der Waals surface area contributed by atoms with Crippen molar-refractivity contribution in [3.8, 4) is 11.5 Å². The van der Waals surface area contributed by atoms with E-state index in [0.29, 0.717) is 17.9 Å². The van der Waals surface area contributed by atoms with E-state index in [1.165, 1.54) is 0 Å². The smallest absolute Gasteiger partial charge is 0.419 e. The van der Waals surface area contributed by atoms with E-state index in [1.807, 2.05) is 12.2 Å². The van der Waals surface area contributed by atoms with E-state index in [0.717, 1.165) is 16.0 Å². The lowest BCUT2D eigenvalue weighted by Crippen LogP contribution is -2.38. The average Bonchev–Trinajstić information content (AvgIpc) is 2.86. The number of methoxy groups -OCH3 is 2. The molecule has 0 atom stereocenters. The molecule has 2 aromatic rings. The lowest BCUT2D eigenvalue weighted by molar-refractivity contribution is 0.0704. The summed E-state index contributed by atoms with van der Waals surface area (Å²) in [5, 5.41) is 0. The van der Waals surface area contributed by atoms with Crippen molar-refractivity contribution in [1.29, 1.82) is 0 Å². The molecule has 0 radical (unpaired) electrons. The number of benzene rings is 2. The second-order valence-electron chi connectivity index (χ2n) is 6.79. The fraction of sp³-hybridized carbons (Fsp3) is 0.231. The van der Waals surface area contributed by atoms with E-state index in [1.54, 1.807) is 81.0 Å². The fourth-order valence-electron chi connectivity index (χ4n) is 2.67. The maximum Gasteiger partial charge on any atom is 0.419 e. The number of hydrogen-bond donors (Lipinski definition) is 0. The van der Waals surface area contributed by atoms with Crippen LogP contribution in [0.25, 0.3) is 0 Å². The quantitative estimate of drug-likeness (QED) is 0.410. The number of carbonyl (C=O) groups is 2. The van der Waals surface area contributed by atoms with Gasteiger partial charge in [0, 0.05) is 6.54 Å². The fourth-order valence-corrected chi connectivity index (χ4v) is 2.67. The number of rotatable bonds is 11. The van der Waals surface area contributed by atoms with E-state index >= 15 is 0 Å². The molecule has 0 fully saturated rings. The molecule has 0 spiro atoms. The number of amides is 2. The minimum absolute atomic E-state index is 0.0169. The summed E-state index contributed by atoms with van der Waals surface area (Å²) in [6.07, 6.45) is 7.77. The van der Waals surface area contributed by atoms with Gasteiger partial charge in [-0.2, -0.15) is 0 Å². The second kappa shape index (κ2) is 14.1. The first-order chi connectivity index (χ1) is 16.1. The minimum Gasteiger partial charge on any atom is -0.497 e. The Kier molecular flexibility index (Phi) is 10.8. The third-order valence-corrected chi connectivity index (χ3v) is 4.50. The largest absolute Gasteiger partial charge is 0.497 e. The molecule has 33 heavy (non-hydrogen) atoms. The molecule has 2 rings (SSSR count). The molecular weight excluding hydrogens is 422 g/mol. The molecule has 0 bridgehead atoms. The van der Waals surface area contributed by atoms with Crippen LogP contribution in [-0.4, -0.2) is 37.9 Å². The summed E-state index contributed by atoms with van der Waals surface area (Å²) in [4.78, 5) is 26.3. The Morgan fingerprint density at radius 3 is 1.70 bits per heavy atom. The molecule has 0 aliphatic carbocycles. The standard InChI is InChI=1S/C26H29NO6/c1-4-5-6-7-8-9-18-27(25(28)32-19-21-10-14-23(30-2)15-11-21)26(29)33-20-22-12-16-24(31-3)17-13-22/h4-8,10-17H,1,9,18-20H2,2-3H3. The maximum atomic E-state index is 12.7. The van der Waals surface area contributed by atoms with Crippen molar-refractivity contribution >= 4 is 12.2 Å². The number of imide groups is 1. The molecule has 7 nitrogen and oxygen atoms in total. The van der Waals surface area contributed by atoms with Crippen molar-refractivity contribution in [3.63, 3.8) is 0 Å². The van der Waals surface area contributed by atoms with E-state index in [2.05, 4.69) is 6.58 Å². The van der Waals surface area contributed by atoms with Crippen LogP contribution >= 0.6 is 0 Å². The highest BCUT2D eigenvalue weighted by molar-refractivity contribution is 5.87. The van der Waals surface area contributed by atoms with Gasteiger partial charge in [-0.15, -0.1) is 0 Å². The van der Waals surface area contributed by atoms with Gasteiger partial charge < -0.3 is 18.9 Å². The Bertz CT molecular complexity index is 884. The van der Waals surface area contributed by atoms with Crippen LogP contribution in [0.2, 0.25) is 0 Å². The van der Waals surface area contributed by atoms with E-state index in [4.69, 9.17) is 18.9 Å². The Morgan fingerprint density at radius 2 is 1.27 bits per heavy atom. The van der Waals surface area contributed by atoms with Gasteiger partial charge in [-0.05, 0) is 41.8 Å². The molecule has 174 valence electrons. The van der Waals surface area contributed by atoms with Gasteiger partial charge in [-0.3, -0.25) is 0 Å². The number of carbonyl (C=O) groups excluding carboxylic acids is 2. The molecule has 0 saturated carbocycles. The van der Waals surface area contributed by atoms with Crippen molar-refractivity contribution in [1.82, 2.24) is 4.90 Å². The highest BCUT2D eigenvalue weighted by Crippen LogP contribution is 2.14. The number of ether oxygens (including phenoxy) is 4. The van der Waals surface area contributed by atoms with Crippen molar-refractivity contribution in [2.75, 3.05) is 20.8 Å². The highest BCUT2D eigenvalue weighted by atomic mass is 16.6. The van der Waals surface area contributed by atoms with Crippen molar-refractivity contribution in [2.24, 2.45) is 0 Å². The van der Waals surface area contributed by atoms with E-state index < -0.39 is 12.2 Å². The molecule has 2 aromatic carbocycles. The van der Waals surface area contributed by atoms with Gasteiger partial charge in [-0.1, -0.05) is 61.2 Å². The van der Waals surface area contributed by atoms with Gasteiger partial charge in [0.2, 0.25) is 0 Å². The Balaban J connectivity index is 1.98. The predicted molar refractivity (Wildman–Crippen MR) is 126 cm³/mol. The Morgan fingerprint density at radius 1 is 0.788 bits per heavy atom. The Hall–Kier alpha value is -4.00. The van der Waals surface area contributed by atoms with E-state index in [9.17, 15) is 9.59 Å². The summed E-state index contributed by atoms with van der Waals surface area (Å²) in [6.45, 7) is 3.74. The van der Waals surface area contributed by atoms with Gasteiger partial charge in [0.15, 0.2) is 0 Å². The minimum atomic E-state index is -0.777. The van der Waals surface area contributed by atoms with Gasteiger partial charge in [0.05, 0.1) is 14.2 Å². The van der Waals surface area contributed by atoms with E-state index in [-0.39, 0.29) is 19.8 Å². The predicted octanol–water partition coefficient (Wildman–Crippen LogP) is 5.67. The van der Waals surface area contributed by atoms with Crippen LogP contribution in [0.5, 0.6) is 11.5 Å². The van der Waals surface area contributed by atoms with Crippen molar-refractivity contribution < 1.29 is 28.5 Å². The van der Waals surface area contributed by atoms with Crippen LogP contribution in [0.3, 0.4) is 0 Å². The molecule has 0 aliphatic rings. The van der Waals surface area contributed by atoms with Crippen LogP contribution in [0.15, 0.2) is 85.5 Å². The lowest BCUT2D eigenvalue weighted by atomic mass is 10.2. The third-order valence-electron chi connectivity index (χ3n) is 4.50. The normalized spacial score (nSPS) is 10.7. The molecule has 0 aromatic heterocycles. The lowest BCUT2D eigenvalue weighted by Gasteiger charge is -2.19. The van der Waals surface area contributed by atoms with Gasteiger partial charge >= 0.3 is 12.2 Å². The molecular formula is C26H29NO6. The van der Waals surface area contributed by atoms with Crippen LogP contribution in [-0.2, 0) is 22.7 Å². The molecule has 2 amide bonds. The van der Waals surface area contributed by atoms with Gasteiger partial charge in [-0.25, -0.2) is 14.5 Å². The van der Waals surface area contributed by atoms with Gasteiger partial charge in [0.1, 0.15) is 24.7 Å². The molecule has 0 N–H and O–H groups in total. The molecule has 0 heterocycles. The SMILES string of the molecule is C=CC=CC=CCCN(C(=O)OCc1ccc(OC)cc1)C(=O)OCc1ccc(OC)cc1. The Labute approximate surface area is 194 Å². The third kappa shape index (κ3) is 8.95. The molecule has 0 unspecified atom stereocenters. The summed E-state index contributed by atoms with van der Waals surface area (Å²) in [6, 6.07) is 14.2. The summed E-state index contributed by atoms with van der Waals surface area (Å²) < 4.78 is 20.9. The summed E-state index contributed by atoms with van der Waals surface area (Å²) >= 11 is 0. The second-order valence-corrected chi connectivity index (χ2v) is 6.79. The zero-order valence-electron chi connectivity index (χ0n) is 18.9. The summed E-state index contributed by atoms with van der Waals surface area (Å²) in [5.74, 6) is 1.40. The maximum absolute atomic E-state index is 12.7. The topological polar surface area (TPSA) is 74.3 Å². The monoisotopic (exact) mass is 451 g/mol. The van der Waals surface area contributed by atoms with Gasteiger partial charge in [0.25, 0.3) is 0 Å². The first-order valence-electron chi connectivity index (χ1n) is 10.4. The average molecular weight is 452 g/mol.